The van der Waals surface area contributed by atoms with Crippen molar-refractivity contribution in [1.29, 1.82) is 0 Å². The molecular formula is C17H17FN2O. The number of carbonyl (C=O) groups excluding carboxylic acids is 1. The highest BCUT2D eigenvalue weighted by Crippen LogP contribution is 2.29. The van der Waals surface area contributed by atoms with E-state index in [1.54, 1.807) is 12.1 Å². The molecule has 1 aliphatic rings. The first-order chi connectivity index (χ1) is 10.2. The van der Waals surface area contributed by atoms with E-state index in [9.17, 15) is 9.18 Å². The normalized spacial score (nSPS) is 14.7. The van der Waals surface area contributed by atoms with Crippen LogP contribution >= 0.6 is 0 Å². The van der Waals surface area contributed by atoms with Crippen molar-refractivity contribution in [3.8, 4) is 0 Å². The van der Waals surface area contributed by atoms with Gasteiger partial charge in [0, 0.05) is 5.69 Å². The molecule has 0 saturated heterocycles. The Morgan fingerprint density at radius 2 is 1.90 bits per heavy atom. The van der Waals surface area contributed by atoms with Crippen LogP contribution in [0, 0.1) is 5.82 Å². The maximum Gasteiger partial charge on any atom is 0.228 e. The van der Waals surface area contributed by atoms with Gasteiger partial charge in [-0.3, -0.25) is 4.79 Å². The number of halogens is 1. The van der Waals surface area contributed by atoms with Gasteiger partial charge < -0.3 is 10.6 Å². The second-order valence-corrected chi connectivity index (χ2v) is 5.18. The maximum atomic E-state index is 13.1. The second-order valence-electron chi connectivity index (χ2n) is 5.18. The zero-order chi connectivity index (χ0) is 14.8. The van der Waals surface area contributed by atoms with Crippen molar-refractivity contribution in [2.24, 2.45) is 0 Å². The SMILES string of the molecule is CCNC(c1ccc(F)cc1)c1ccc2c(c1)CC(=O)N2. The highest BCUT2D eigenvalue weighted by Gasteiger charge is 2.20. The number of fused-ring (bicyclic) bond motifs is 1. The van der Waals surface area contributed by atoms with Gasteiger partial charge in [0.2, 0.25) is 5.91 Å². The summed E-state index contributed by atoms with van der Waals surface area (Å²) in [6.45, 7) is 2.84. The van der Waals surface area contributed by atoms with Crippen molar-refractivity contribution in [2.75, 3.05) is 11.9 Å². The molecule has 108 valence electrons. The van der Waals surface area contributed by atoms with Crippen LogP contribution in [0.25, 0.3) is 0 Å². The van der Waals surface area contributed by atoms with Crippen LogP contribution in [0.4, 0.5) is 10.1 Å². The molecule has 21 heavy (non-hydrogen) atoms. The summed E-state index contributed by atoms with van der Waals surface area (Å²) in [6, 6.07) is 12.5. The van der Waals surface area contributed by atoms with Crippen LogP contribution in [0.5, 0.6) is 0 Å². The minimum absolute atomic E-state index is 0.00315. The molecule has 0 aromatic heterocycles. The van der Waals surface area contributed by atoms with Gasteiger partial charge in [-0.05, 0) is 41.4 Å². The van der Waals surface area contributed by atoms with Crippen LogP contribution in [0.3, 0.4) is 0 Å². The molecule has 0 spiro atoms. The standard InChI is InChI=1S/C17H17FN2O/c1-2-19-17(11-3-6-14(18)7-4-11)12-5-8-15-13(9-12)10-16(21)20-15/h3-9,17,19H,2,10H2,1H3,(H,20,21). The smallest absolute Gasteiger partial charge is 0.228 e. The maximum absolute atomic E-state index is 13.1. The fraction of sp³-hybridized carbons (Fsp3) is 0.235. The molecule has 2 aromatic rings. The van der Waals surface area contributed by atoms with E-state index in [2.05, 4.69) is 10.6 Å². The molecule has 0 fully saturated rings. The van der Waals surface area contributed by atoms with Gasteiger partial charge in [0.05, 0.1) is 12.5 Å². The van der Waals surface area contributed by atoms with Crippen LogP contribution in [-0.2, 0) is 11.2 Å². The Morgan fingerprint density at radius 3 is 2.62 bits per heavy atom. The summed E-state index contributed by atoms with van der Waals surface area (Å²) in [5.41, 5.74) is 4.00. The van der Waals surface area contributed by atoms with Crippen LogP contribution in [0.2, 0.25) is 0 Å². The summed E-state index contributed by atoms with van der Waals surface area (Å²) in [7, 11) is 0. The molecular weight excluding hydrogens is 267 g/mol. The monoisotopic (exact) mass is 284 g/mol. The first-order valence-corrected chi connectivity index (χ1v) is 7.09. The summed E-state index contributed by atoms with van der Waals surface area (Å²) in [5, 5.41) is 6.24. The van der Waals surface area contributed by atoms with E-state index in [0.29, 0.717) is 6.42 Å². The average Bonchev–Trinajstić information content (AvgIpc) is 2.85. The molecule has 1 atom stereocenters. The third kappa shape index (κ3) is 2.81. The molecule has 1 unspecified atom stereocenters. The van der Waals surface area contributed by atoms with Crippen LogP contribution in [0.15, 0.2) is 42.5 Å². The molecule has 4 heteroatoms. The molecule has 3 nitrogen and oxygen atoms in total. The number of amides is 1. The lowest BCUT2D eigenvalue weighted by molar-refractivity contribution is -0.115. The van der Waals surface area contributed by atoms with Gasteiger partial charge in [0.15, 0.2) is 0 Å². The molecule has 0 bridgehead atoms. The van der Waals surface area contributed by atoms with E-state index in [0.717, 1.165) is 28.9 Å². The average molecular weight is 284 g/mol. The molecule has 0 saturated carbocycles. The summed E-state index contributed by atoms with van der Waals surface area (Å²) >= 11 is 0. The third-order valence-corrected chi connectivity index (χ3v) is 3.70. The van der Waals surface area contributed by atoms with E-state index in [4.69, 9.17) is 0 Å². The van der Waals surface area contributed by atoms with Crippen molar-refractivity contribution in [1.82, 2.24) is 5.32 Å². The summed E-state index contributed by atoms with van der Waals surface area (Å²) in [5.74, 6) is -0.207. The number of carbonyl (C=O) groups is 1. The van der Waals surface area contributed by atoms with Crippen LogP contribution in [-0.4, -0.2) is 12.5 Å². The number of hydrogen-bond donors (Lipinski definition) is 2. The largest absolute Gasteiger partial charge is 0.326 e. The molecule has 0 aliphatic carbocycles. The molecule has 2 N–H and O–H groups in total. The quantitative estimate of drug-likeness (QED) is 0.906. The highest BCUT2D eigenvalue weighted by molar-refractivity contribution is 5.99. The van der Waals surface area contributed by atoms with Crippen molar-refractivity contribution in [2.45, 2.75) is 19.4 Å². The van der Waals surface area contributed by atoms with E-state index in [-0.39, 0.29) is 17.8 Å². The lowest BCUT2D eigenvalue weighted by atomic mass is 9.96. The minimum Gasteiger partial charge on any atom is -0.326 e. The number of rotatable bonds is 4. The molecule has 1 amide bonds. The van der Waals surface area contributed by atoms with Crippen molar-refractivity contribution in [3.63, 3.8) is 0 Å². The van der Waals surface area contributed by atoms with Gasteiger partial charge in [-0.15, -0.1) is 0 Å². The van der Waals surface area contributed by atoms with Gasteiger partial charge in [0.1, 0.15) is 5.82 Å². The van der Waals surface area contributed by atoms with Crippen molar-refractivity contribution >= 4 is 11.6 Å². The molecule has 3 rings (SSSR count). The molecule has 1 heterocycles. The fourth-order valence-corrected chi connectivity index (χ4v) is 2.72. The van der Waals surface area contributed by atoms with Crippen molar-refractivity contribution in [3.05, 3.63) is 65.0 Å². The van der Waals surface area contributed by atoms with E-state index >= 15 is 0 Å². The molecule has 1 aliphatic heterocycles. The number of anilines is 1. The van der Waals surface area contributed by atoms with E-state index in [1.165, 1.54) is 12.1 Å². The second kappa shape index (κ2) is 5.66. The molecule has 2 aromatic carbocycles. The summed E-state index contributed by atoms with van der Waals surface area (Å²) in [4.78, 5) is 11.4. The lowest BCUT2D eigenvalue weighted by Gasteiger charge is -2.19. The number of benzene rings is 2. The Bertz CT molecular complexity index is 667. The van der Waals surface area contributed by atoms with Gasteiger partial charge >= 0.3 is 0 Å². The van der Waals surface area contributed by atoms with E-state index < -0.39 is 0 Å². The van der Waals surface area contributed by atoms with Gasteiger partial charge in [-0.25, -0.2) is 4.39 Å². The lowest BCUT2D eigenvalue weighted by Crippen LogP contribution is -2.22. The van der Waals surface area contributed by atoms with Crippen LogP contribution < -0.4 is 10.6 Å². The van der Waals surface area contributed by atoms with Crippen LogP contribution in [0.1, 0.15) is 29.7 Å². The predicted octanol–water partition coefficient (Wildman–Crippen LogP) is 3.02. The van der Waals surface area contributed by atoms with Gasteiger partial charge in [-0.2, -0.15) is 0 Å². The Balaban J connectivity index is 1.96. The fourth-order valence-electron chi connectivity index (χ4n) is 2.72. The Labute approximate surface area is 123 Å². The summed E-state index contributed by atoms with van der Waals surface area (Å²) in [6.07, 6.45) is 0.422. The molecule has 0 radical (unpaired) electrons. The van der Waals surface area contributed by atoms with Gasteiger partial charge in [0.25, 0.3) is 0 Å². The zero-order valence-electron chi connectivity index (χ0n) is 11.8. The first-order valence-electron chi connectivity index (χ1n) is 7.09. The highest BCUT2D eigenvalue weighted by atomic mass is 19.1. The first kappa shape index (κ1) is 13.8. The minimum atomic E-state index is -0.238. The van der Waals surface area contributed by atoms with E-state index in [1.807, 2.05) is 25.1 Å². The number of hydrogen-bond acceptors (Lipinski definition) is 2. The Kier molecular flexibility index (Phi) is 3.71. The third-order valence-electron chi connectivity index (χ3n) is 3.70. The Hall–Kier alpha value is -2.20. The van der Waals surface area contributed by atoms with Crippen molar-refractivity contribution < 1.29 is 9.18 Å². The van der Waals surface area contributed by atoms with Gasteiger partial charge in [-0.1, -0.05) is 31.2 Å². The number of nitrogens with one attached hydrogen (secondary N) is 2. The summed E-state index contributed by atoms with van der Waals surface area (Å²) < 4.78 is 13.1. The zero-order valence-corrected chi connectivity index (χ0v) is 11.8. The Morgan fingerprint density at radius 1 is 1.19 bits per heavy atom. The topological polar surface area (TPSA) is 41.1 Å². The predicted molar refractivity (Wildman–Crippen MR) is 80.7 cm³/mol.